The van der Waals surface area contributed by atoms with E-state index in [0.717, 1.165) is 42.7 Å². The number of ether oxygens (including phenoxy) is 3. The Morgan fingerprint density at radius 3 is 2.06 bits per heavy atom. The van der Waals surface area contributed by atoms with Gasteiger partial charge in [0.2, 0.25) is 0 Å². The van der Waals surface area contributed by atoms with Gasteiger partial charge in [-0.2, -0.15) is 0 Å². The number of phenolic OH excluding ortho intramolecular Hbond substituents is 1. The van der Waals surface area contributed by atoms with Crippen molar-refractivity contribution < 1.29 is 28.5 Å². The van der Waals surface area contributed by atoms with Gasteiger partial charge in [-0.05, 0) is 84.1 Å². The van der Waals surface area contributed by atoms with Crippen molar-refractivity contribution in [2.45, 2.75) is 42.3 Å². The highest BCUT2D eigenvalue weighted by Crippen LogP contribution is 2.43. The van der Waals surface area contributed by atoms with E-state index < -0.39 is 5.25 Å². The largest absolute Gasteiger partial charge is 0.507 e. The van der Waals surface area contributed by atoms with Crippen LogP contribution in [0.3, 0.4) is 0 Å². The van der Waals surface area contributed by atoms with Crippen LogP contribution in [0, 0.1) is 0 Å². The van der Waals surface area contributed by atoms with Crippen LogP contribution in [-0.4, -0.2) is 48.2 Å². The Kier molecular flexibility index (Phi) is 11.9. The maximum Gasteiger partial charge on any atom is 0.180 e. The van der Waals surface area contributed by atoms with E-state index in [1.807, 2.05) is 97.1 Å². The number of carbonyl (C=O) groups excluding carboxylic acids is 1. The van der Waals surface area contributed by atoms with Crippen molar-refractivity contribution in [2.24, 2.45) is 0 Å². The number of benzene rings is 5. The number of Topliss-reactive ketones (excluding diaryl/α,β-unsaturated/α-hetero) is 1. The average molecular weight is 678 g/mol. The van der Waals surface area contributed by atoms with Crippen LogP contribution in [0.2, 0.25) is 0 Å². The molecule has 8 heteroatoms. The molecule has 252 valence electrons. The van der Waals surface area contributed by atoms with E-state index >= 15 is 0 Å². The molecule has 1 fully saturated rings. The lowest BCUT2D eigenvalue weighted by atomic mass is 10.0. The van der Waals surface area contributed by atoms with Gasteiger partial charge in [0.1, 0.15) is 42.3 Å². The summed E-state index contributed by atoms with van der Waals surface area (Å²) in [6.07, 6.45) is 1.45. The Bertz CT molecular complexity index is 1770. The maximum absolute atomic E-state index is 14.2. The molecule has 1 N–H and O–H groups in total. The lowest BCUT2D eigenvalue weighted by Gasteiger charge is -2.19. The van der Waals surface area contributed by atoms with Gasteiger partial charge in [0.15, 0.2) is 5.78 Å². The first-order valence-corrected chi connectivity index (χ1v) is 17.4. The van der Waals surface area contributed by atoms with Crippen LogP contribution in [0.4, 0.5) is 4.39 Å². The normalized spacial score (nSPS) is 15.1. The Labute approximate surface area is 291 Å². The summed E-state index contributed by atoms with van der Waals surface area (Å²) >= 11 is 1.28. The van der Waals surface area contributed by atoms with Gasteiger partial charge in [0, 0.05) is 25.2 Å². The molecule has 1 aliphatic rings. The molecule has 1 saturated heterocycles. The van der Waals surface area contributed by atoms with Gasteiger partial charge in [-0.25, -0.2) is 0 Å². The molecule has 2 atom stereocenters. The van der Waals surface area contributed by atoms with Crippen LogP contribution in [0.25, 0.3) is 0 Å². The van der Waals surface area contributed by atoms with Crippen molar-refractivity contribution in [2.75, 3.05) is 26.3 Å². The SMILES string of the molecule is O=C(c1ccc(O[C@H]2CCN(CCCF)C2)cc1)C(Sc1cc(OCc2ccccc2)ccc1O)c1ccc(OCc2ccccc2)cc1. The van der Waals surface area contributed by atoms with Crippen molar-refractivity contribution in [3.8, 4) is 23.0 Å². The number of thioether (sulfide) groups is 1. The first-order valence-electron chi connectivity index (χ1n) is 16.6. The quantitative estimate of drug-likeness (QED) is 0.0826. The third-order valence-corrected chi connectivity index (χ3v) is 9.68. The summed E-state index contributed by atoms with van der Waals surface area (Å²) in [5.41, 5.74) is 3.40. The van der Waals surface area contributed by atoms with E-state index in [4.69, 9.17) is 14.2 Å². The molecule has 0 bridgehead atoms. The molecule has 0 aliphatic carbocycles. The molecule has 49 heavy (non-hydrogen) atoms. The minimum atomic E-state index is -0.663. The Morgan fingerprint density at radius 1 is 0.796 bits per heavy atom. The summed E-state index contributed by atoms with van der Waals surface area (Å²) in [5.74, 6) is 1.94. The highest BCUT2D eigenvalue weighted by Gasteiger charge is 2.27. The van der Waals surface area contributed by atoms with Crippen LogP contribution >= 0.6 is 11.8 Å². The van der Waals surface area contributed by atoms with Gasteiger partial charge in [-0.3, -0.25) is 14.1 Å². The predicted molar refractivity (Wildman–Crippen MR) is 192 cm³/mol. The Balaban J connectivity index is 1.19. The topological polar surface area (TPSA) is 68.2 Å². The fraction of sp³-hybridized carbons (Fsp3) is 0.244. The van der Waals surface area contributed by atoms with E-state index in [-0.39, 0.29) is 24.3 Å². The number of rotatable bonds is 16. The van der Waals surface area contributed by atoms with Crippen LogP contribution in [-0.2, 0) is 13.2 Å². The number of carbonyl (C=O) groups is 1. The fourth-order valence-electron chi connectivity index (χ4n) is 5.72. The van der Waals surface area contributed by atoms with Gasteiger partial charge in [0.05, 0.1) is 16.8 Å². The average Bonchev–Trinajstić information content (AvgIpc) is 3.60. The second-order valence-corrected chi connectivity index (χ2v) is 13.2. The number of hydrogen-bond donors (Lipinski definition) is 1. The van der Waals surface area contributed by atoms with E-state index in [9.17, 15) is 14.3 Å². The number of hydrogen-bond acceptors (Lipinski definition) is 7. The zero-order valence-electron chi connectivity index (χ0n) is 27.2. The summed E-state index contributed by atoms with van der Waals surface area (Å²) in [4.78, 5) is 17.0. The molecular weight excluding hydrogens is 638 g/mol. The van der Waals surface area contributed by atoms with E-state index in [1.165, 1.54) is 11.8 Å². The van der Waals surface area contributed by atoms with E-state index in [2.05, 4.69) is 4.90 Å². The van der Waals surface area contributed by atoms with Crippen LogP contribution in [0.1, 0.15) is 45.1 Å². The lowest BCUT2D eigenvalue weighted by molar-refractivity contribution is 0.0989. The Hall–Kier alpha value is -4.79. The molecule has 1 unspecified atom stereocenters. The third-order valence-electron chi connectivity index (χ3n) is 8.37. The second-order valence-electron chi connectivity index (χ2n) is 12.0. The van der Waals surface area contributed by atoms with Gasteiger partial charge in [0.25, 0.3) is 0 Å². The molecule has 0 aromatic heterocycles. The van der Waals surface area contributed by atoms with E-state index in [1.54, 1.807) is 30.3 Å². The number of alkyl halides is 1. The van der Waals surface area contributed by atoms with Gasteiger partial charge in [-0.1, -0.05) is 72.8 Å². The molecule has 6 rings (SSSR count). The van der Waals surface area contributed by atoms with Crippen molar-refractivity contribution in [1.29, 1.82) is 0 Å². The van der Waals surface area contributed by atoms with Crippen molar-refractivity contribution >= 4 is 17.5 Å². The molecule has 0 spiro atoms. The third kappa shape index (κ3) is 9.65. The molecule has 1 heterocycles. The van der Waals surface area contributed by atoms with Gasteiger partial charge in [-0.15, -0.1) is 11.8 Å². The van der Waals surface area contributed by atoms with Crippen LogP contribution in [0.15, 0.2) is 132 Å². The second kappa shape index (κ2) is 17.0. The highest BCUT2D eigenvalue weighted by molar-refractivity contribution is 8.00. The highest BCUT2D eigenvalue weighted by atomic mass is 32.2. The van der Waals surface area contributed by atoms with E-state index in [0.29, 0.717) is 47.3 Å². The number of ketones is 1. The zero-order chi connectivity index (χ0) is 33.8. The van der Waals surface area contributed by atoms with Crippen LogP contribution < -0.4 is 14.2 Å². The molecular formula is C41H40FNO5S. The summed E-state index contributed by atoms with van der Waals surface area (Å²) in [5, 5.41) is 10.2. The molecule has 0 saturated carbocycles. The molecule has 0 radical (unpaired) electrons. The van der Waals surface area contributed by atoms with Crippen molar-refractivity contribution in [3.63, 3.8) is 0 Å². The summed E-state index contributed by atoms with van der Waals surface area (Å²) in [6.45, 7) is 2.90. The molecule has 5 aromatic carbocycles. The summed E-state index contributed by atoms with van der Waals surface area (Å²) < 4.78 is 30.8. The van der Waals surface area contributed by atoms with Gasteiger partial charge < -0.3 is 19.3 Å². The number of phenols is 1. The minimum absolute atomic E-state index is 0.0338. The molecule has 0 amide bonds. The lowest BCUT2D eigenvalue weighted by Crippen LogP contribution is -2.26. The smallest absolute Gasteiger partial charge is 0.180 e. The standard InChI is InChI=1S/C41H40FNO5S/c42-23-7-24-43-25-22-37(27-43)48-35-18-12-32(13-19-35)40(45)41(33-14-16-34(17-15-33)46-28-30-8-3-1-4-9-30)49-39-26-36(20-21-38(39)44)47-29-31-10-5-2-6-11-31/h1-6,8-21,26,37,41,44H,7,22-25,27-29H2/t37-,41?/m0/s1. The number of likely N-dealkylation sites (tertiary alicyclic amines) is 1. The molecule has 1 aliphatic heterocycles. The summed E-state index contributed by atoms with van der Waals surface area (Å²) in [6, 6.07) is 39.7. The number of nitrogens with zero attached hydrogens (tertiary/aromatic N) is 1. The maximum atomic E-state index is 14.2. The first-order chi connectivity index (χ1) is 24.0. The minimum Gasteiger partial charge on any atom is -0.507 e. The molecule has 6 nitrogen and oxygen atoms in total. The zero-order valence-corrected chi connectivity index (χ0v) is 28.1. The summed E-state index contributed by atoms with van der Waals surface area (Å²) in [7, 11) is 0. The fourth-order valence-corrected chi connectivity index (χ4v) is 6.88. The van der Waals surface area contributed by atoms with Gasteiger partial charge >= 0.3 is 0 Å². The predicted octanol–water partition coefficient (Wildman–Crippen LogP) is 9.08. The number of aromatic hydroxyl groups is 1. The molecule has 5 aromatic rings. The number of halogens is 1. The van der Waals surface area contributed by atoms with Crippen molar-refractivity contribution in [3.05, 3.63) is 150 Å². The van der Waals surface area contributed by atoms with Crippen molar-refractivity contribution in [1.82, 2.24) is 4.90 Å². The monoisotopic (exact) mass is 677 g/mol. The Morgan fingerprint density at radius 2 is 1.41 bits per heavy atom. The first kappa shape index (κ1) is 34.1. The van der Waals surface area contributed by atoms with Crippen LogP contribution in [0.5, 0.6) is 23.0 Å².